The lowest BCUT2D eigenvalue weighted by Crippen LogP contribution is -2.67. The highest BCUT2D eigenvalue weighted by Gasteiger charge is 2.55. The molecule has 1 aromatic heterocycles. The third kappa shape index (κ3) is 4.45. The van der Waals surface area contributed by atoms with E-state index in [-0.39, 0.29) is 11.9 Å². The maximum absolute atomic E-state index is 10.8. The Labute approximate surface area is 180 Å². The number of aliphatic hydroxyl groups is 5. The molecule has 9 heteroatoms. The van der Waals surface area contributed by atoms with E-state index in [4.69, 9.17) is 15.9 Å². The van der Waals surface area contributed by atoms with Crippen molar-refractivity contribution in [1.82, 2.24) is 9.78 Å². The maximum atomic E-state index is 10.8. The van der Waals surface area contributed by atoms with Gasteiger partial charge in [-0.05, 0) is 38.5 Å². The molecule has 1 aliphatic rings. The standard InChI is InChI=1S/C22H28N2O7/c1-5-14-6-8-15(9-7-14)10-16-13(4)24(12(2)3)23-21(16)31-22(29)20(28)19(27)18(26)17(11-25)30-22/h1,6-9,12,17-20,25-29H,10-11H2,2-4H3/t17-,18-,19+,20-,22-/m1/s1. The molecule has 3 rings (SSSR count). The molecular weight excluding hydrogens is 404 g/mol. The summed E-state index contributed by atoms with van der Waals surface area (Å²) < 4.78 is 12.5. The summed E-state index contributed by atoms with van der Waals surface area (Å²) in [5.74, 6) is -0.173. The van der Waals surface area contributed by atoms with Gasteiger partial charge in [0.15, 0.2) is 6.10 Å². The summed E-state index contributed by atoms with van der Waals surface area (Å²) in [4.78, 5) is 0. The molecule has 0 bridgehead atoms. The fraction of sp³-hybridized carbons (Fsp3) is 0.500. The number of hydrogen-bond donors (Lipinski definition) is 5. The van der Waals surface area contributed by atoms with Crippen LogP contribution in [0.2, 0.25) is 0 Å². The van der Waals surface area contributed by atoms with E-state index in [2.05, 4.69) is 11.0 Å². The van der Waals surface area contributed by atoms with Crippen molar-refractivity contribution in [2.75, 3.05) is 6.61 Å². The number of terminal acetylenes is 1. The van der Waals surface area contributed by atoms with Crippen LogP contribution in [0.5, 0.6) is 5.88 Å². The molecule has 31 heavy (non-hydrogen) atoms. The van der Waals surface area contributed by atoms with Crippen LogP contribution in [0, 0.1) is 19.3 Å². The minimum Gasteiger partial charge on any atom is -0.417 e. The van der Waals surface area contributed by atoms with Gasteiger partial charge in [-0.15, -0.1) is 11.5 Å². The van der Waals surface area contributed by atoms with Gasteiger partial charge in [0.1, 0.15) is 18.3 Å². The molecular formula is C22H28N2O7. The van der Waals surface area contributed by atoms with Gasteiger partial charge in [-0.3, -0.25) is 4.68 Å². The number of benzene rings is 1. The number of rotatable bonds is 6. The van der Waals surface area contributed by atoms with Gasteiger partial charge in [0.2, 0.25) is 5.88 Å². The number of aliphatic hydroxyl groups excluding tert-OH is 4. The van der Waals surface area contributed by atoms with Crippen LogP contribution in [0.15, 0.2) is 24.3 Å². The first-order valence-electron chi connectivity index (χ1n) is 9.99. The second-order valence-electron chi connectivity index (χ2n) is 7.92. The smallest absolute Gasteiger partial charge is 0.356 e. The highest BCUT2D eigenvalue weighted by atomic mass is 16.8. The number of nitrogens with zero attached hydrogens (tertiary/aromatic N) is 2. The molecule has 0 saturated carbocycles. The second-order valence-corrected chi connectivity index (χ2v) is 7.92. The monoisotopic (exact) mass is 432 g/mol. The normalized spacial score (nSPS) is 28.5. The third-order valence-corrected chi connectivity index (χ3v) is 5.40. The minimum absolute atomic E-state index is 0.00550. The van der Waals surface area contributed by atoms with Crippen molar-refractivity contribution >= 4 is 0 Å². The zero-order chi connectivity index (χ0) is 22.9. The summed E-state index contributed by atoms with van der Waals surface area (Å²) in [7, 11) is 0. The van der Waals surface area contributed by atoms with Crippen molar-refractivity contribution in [3.8, 4) is 18.2 Å². The first-order chi connectivity index (χ1) is 14.6. The van der Waals surface area contributed by atoms with Crippen molar-refractivity contribution in [3.05, 3.63) is 46.6 Å². The first kappa shape index (κ1) is 23.2. The van der Waals surface area contributed by atoms with E-state index in [1.807, 2.05) is 45.0 Å². The van der Waals surface area contributed by atoms with Crippen LogP contribution < -0.4 is 4.74 Å². The minimum atomic E-state index is -2.73. The highest BCUT2D eigenvalue weighted by Crippen LogP contribution is 2.34. The van der Waals surface area contributed by atoms with E-state index < -0.39 is 37.0 Å². The Morgan fingerprint density at radius 3 is 2.42 bits per heavy atom. The van der Waals surface area contributed by atoms with E-state index in [0.717, 1.165) is 16.8 Å². The Balaban J connectivity index is 1.97. The van der Waals surface area contributed by atoms with Gasteiger partial charge in [-0.2, -0.15) is 0 Å². The lowest BCUT2D eigenvalue weighted by molar-refractivity contribution is -0.423. The Morgan fingerprint density at radius 1 is 1.23 bits per heavy atom. The van der Waals surface area contributed by atoms with Crippen molar-refractivity contribution in [2.45, 2.75) is 63.6 Å². The number of aromatic nitrogens is 2. The SMILES string of the molecule is C#Cc1ccc(Cc2c(O[C@]3(O)O[C@H](CO)[C@@H](O)[C@H](O)[C@H]3O)nn(C(C)C)c2C)cc1. The number of ether oxygens (including phenoxy) is 2. The zero-order valence-electron chi connectivity index (χ0n) is 17.6. The van der Waals surface area contributed by atoms with Gasteiger partial charge in [-0.1, -0.05) is 18.1 Å². The zero-order valence-corrected chi connectivity index (χ0v) is 17.6. The fourth-order valence-electron chi connectivity index (χ4n) is 3.58. The summed E-state index contributed by atoms with van der Waals surface area (Å²) in [5, 5.41) is 55.0. The molecule has 2 aromatic rings. The molecule has 0 spiro atoms. The van der Waals surface area contributed by atoms with Crippen molar-refractivity contribution in [3.63, 3.8) is 0 Å². The van der Waals surface area contributed by atoms with E-state index in [9.17, 15) is 25.5 Å². The maximum Gasteiger partial charge on any atom is 0.356 e. The molecule has 0 unspecified atom stereocenters. The van der Waals surface area contributed by atoms with Crippen molar-refractivity contribution in [1.29, 1.82) is 0 Å². The Hall–Kier alpha value is -2.45. The van der Waals surface area contributed by atoms with Gasteiger partial charge < -0.3 is 35.0 Å². The van der Waals surface area contributed by atoms with E-state index in [0.29, 0.717) is 12.0 Å². The molecule has 5 atom stereocenters. The van der Waals surface area contributed by atoms with Crippen LogP contribution in [-0.2, 0) is 11.2 Å². The predicted molar refractivity (Wildman–Crippen MR) is 110 cm³/mol. The third-order valence-electron chi connectivity index (χ3n) is 5.40. The Bertz CT molecular complexity index is 948. The molecule has 2 heterocycles. The quantitative estimate of drug-likeness (QED) is 0.314. The molecule has 0 radical (unpaired) electrons. The molecule has 0 aliphatic carbocycles. The van der Waals surface area contributed by atoms with Crippen LogP contribution in [-0.4, -0.2) is 72.3 Å². The van der Waals surface area contributed by atoms with Crippen molar-refractivity contribution in [2.24, 2.45) is 0 Å². The van der Waals surface area contributed by atoms with Crippen LogP contribution in [0.1, 0.15) is 42.3 Å². The first-order valence-corrected chi connectivity index (χ1v) is 9.99. The topological polar surface area (TPSA) is 137 Å². The largest absolute Gasteiger partial charge is 0.417 e. The average Bonchev–Trinajstić information content (AvgIpc) is 3.05. The number of hydrogen-bond acceptors (Lipinski definition) is 8. The van der Waals surface area contributed by atoms with Gasteiger partial charge in [0.25, 0.3) is 0 Å². The van der Waals surface area contributed by atoms with Crippen LogP contribution in [0.4, 0.5) is 0 Å². The van der Waals surface area contributed by atoms with Crippen LogP contribution >= 0.6 is 0 Å². The van der Waals surface area contributed by atoms with Crippen LogP contribution in [0.25, 0.3) is 0 Å². The van der Waals surface area contributed by atoms with Crippen LogP contribution in [0.3, 0.4) is 0 Å². The van der Waals surface area contributed by atoms with Gasteiger partial charge in [0.05, 0.1) is 6.61 Å². The predicted octanol–water partition coefficient (Wildman–Crippen LogP) is -0.157. The summed E-state index contributed by atoms with van der Waals surface area (Å²) in [5.41, 5.74) is 3.06. The summed E-state index contributed by atoms with van der Waals surface area (Å²) in [6.45, 7) is 5.00. The molecule has 168 valence electrons. The lowest BCUT2D eigenvalue weighted by Gasteiger charge is -2.43. The van der Waals surface area contributed by atoms with Gasteiger partial charge in [-0.25, -0.2) is 0 Å². The molecule has 1 aliphatic heterocycles. The lowest BCUT2D eigenvalue weighted by atomic mass is 9.98. The Morgan fingerprint density at radius 2 is 1.87 bits per heavy atom. The molecule has 9 nitrogen and oxygen atoms in total. The summed E-state index contributed by atoms with van der Waals surface area (Å²) >= 11 is 0. The van der Waals surface area contributed by atoms with Gasteiger partial charge in [0, 0.05) is 29.3 Å². The fourth-order valence-corrected chi connectivity index (χ4v) is 3.58. The van der Waals surface area contributed by atoms with E-state index >= 15 is 0 Å². The summed E-state index contributed by atoms with van der Waals surface area (Å²) in [6.07, 6.45) is -0.976. The molecule has 1 fully saturated rings. The molecule has 5 N–H and O–H groups in total. The highest BCUT2D eigenvalue weighted by molar-refractivity contribution is 5.40. The molecule has 1 aromatic carbocycles. The molecule has 1 saturated heterocycles. The second kappa shape index (κ2) is 8.96. The average molecular weight is 432 g/mol. The van der Waals surface area contributed by atoms with E-state index in [1.54, 1.807) is 4.68 Å². The molecule has 0 amide bonds. The Kier molecular flexibility index (Phi) is 6.71. The van der Waals surface area contributed by atoms with Crippen molar-refractivity contribution < 1.29 is 35.0 Å². The van der Waals surface area contributed by atoms with E-state index in [1.165, 1.54) is 0 Å². The van der Waals surface area contributed by atoms with Gasteiger partial charge >= 0.3 is 5.97 Å². The summed E-state index contributed by atoms with van der Waals surface area (Å²) in [6, 6.07) is 7.33.